The van der Waals surface area contributed by atoms with Gasteiger partial charge in [-0.15, -0.1) is 12.4 Å². The molecule has 0 radical (unpaired) electrons. The molecule has 0 saturated heterocycles. The van der Waals surface area contributed by atoms with E-state index in [0.717, 1.165) is 25.7 Å². The van der Waals surface area contributed by atoms with E-state index in [-0.39, 0.29) is 29.3 Å². The van der Waals surface area contributed by atoms with Crippen LogP contribution < -0.4 is 15.8 Å². The number of hydrogen-bond acceptors (Lipinski definition) is 4. The standard InChI is InChI=1S/C15H23N3O3S.ClH/c1-11-6-7-12(15(19)17-9-8-16)10-14(11)22(20,21)18-13-4-2-3-5-13;/h6-7,10,13,18H,2-5,8-9,16H2,1H3,(H,17,19);1H. The van der Waals surface area contributed by atoms with E-state index in [4.69, 9.17) is 5.73 Å². The molecule has 2 rings (SSSR count). The van der Waals surface area contributed by atoms with Gasteiger partial charge in [0.15, 0.2) is 0 Å². The summed E-state index contributed by atoms with van der Waals surface area (Å²) in [5.41, 5.74) is 6.30. The summed E-state index contributed by atoms with van der Waals surface area (Å²) in [6.45, 7) is 2.42. The summed E-state index contributed by atoms with van der Waals surface area (Å²) in [7, 11) is -3.61. The molecule has 130 valence electrons. The van der Waals surface area contributed by atoms with Gasteiger partial charge in [0.25, 0.3) is 5.91 Å². The molecule has 1 amide bonds. The Bertz CT molecular complexity index is 643. The smallest absolute Gasteiger partial charge is 0.251 e. The molecule has 8 heteroatoms. The molecular weight excluding hydrogens is 338 g/mol. The summed E-state index contributed by atoms with van der Waals surface area (Å²) in [6, 6.07) is 4.70. The second-order valence-corrected chi connectivity index (χ2v) is 7.31. The Morgan fingerprint density at radius 1 is 1.30 bits per heavy atom. The van der Waals surface area contributed by atoms with Crippen LogP contribution in [0.5, 0.6) is 0 Å². The van der Waals surface area contributed by atoms with Crippen molar-refractivity contribution in [2.24, 2.45) is 5.73 Å². The molecule has 0 atom stereocenters. The molecule has 0 heterocycles. The van der Waals surface area contributed by atoms with E-state index in [1.807, 2.05) is 0 Å². The predicted molar refractivity (Wildman–Crippen MR) is 92.4 cm³/mol. The zero-order valence-electron chi connectivity index (χ0n) is 13.2. The zero-order valence-corrected chi connectivity index (χ0v) is 14.8. The van der Waals surface area contributed by atoms with Crippen LogP contribution in [0.4, 0.5) is 0 Å². The van der Waals surface area contributed by atoms with Gasteiger partial charge in [0.2, 0.25) is 10.0 Å². The summed E-state index contributed by atoms with van der Waals surface area (Å²) >= 11 is 0. The quantitative estimate of drug-likeness (QED) is 0.711. The molecule has 0 unspecified atom stereocenters. The summed E-state index contributed by atoms with van der Waals surface area (Å²) in [5.74, 6) is -0.317. The Balaban J connectivity index is 0.00000264. The molecule has 0 spiro atoms. The first kappa shape index (κ1) is 19.9. The lowest BCUT2D eigenvalue weighted by molar-refractivity contribution is 0.0954. The first-order chi connectivity index (χ1) is 10.4. The molecule has 4 N–H and O–H groups in total. The Labute approximate surface area is 143 Å². The Kier molecular flexibility index (Phi) is 7.47. The van der Waals surface area contributed by atoms with Crippen molar-refractivity contribution in [3.8, 4) is 0 Å². The Morgan fingerprint density at radius 3 is 2.57 bits per heavy atom. The first-order valence-electron chi connectivity index (χ1n) is 7.55. The van der Waals surface area contributed by atoms with Gasteiger partial charge < -0.3 is 11.1 Å². The third-order valence-corrected chi connectivity index (χ3v) is 5.51. The molecule has 1 fully saturated rings. The largest absolute Gasteiger partial charge is 0.351 e. The molecule has 1 saturated carbocycles. The third kappa shape index (κ3) is 5.17. The minimum absolute atomic E-state index is 0. The number of hydrogen-bond donors (Lipinski definition) is 3. The maximum Gasteiger partial charge on any atom is 0.251 e. The molecule has 1 aromatic carbocycles. The zero-order chi connectivity index (χ0) is 16.2. The number of rotatable bonds is 6. The van der Waals surface area contributed by atoms with Crippen LogP contribution in [0.2, 0.25) is 0 Å². The number of aryl methyl sites for hydroxylation is 1. The van der Waals surface area contributed by atoms with Crippen molar-refractivity contribution < 1.29 is 13.2 Å². The topological polar surface area (TPSA) is 101 Å². The van der Waals surface area contributed by atoms with Crippen LogP contribution in [0.25, 0.3) is 0 Å². The first-order valence-corrected chi connectivity index (χ1v) is 9.03. The highest BCUT2D eigenvalue weighted by atomic mass is 35.5. The summed E-state index contributed by atoms with van der Waals surface area (Å²) in [5, 5.41) is 2.64. The molecule has 0 aromatic heterocycles. The molecule has 0 bridgehead atoms. The van der Waals surface area contributed by atoms with Crippen molar-refractivity contribution in [1.29, 1.82) is 0 Å². The van der Waals surface area contributed by atoms with E-state index < -0.39 is 10.0 Å². The minimum atomic E-state index is -3.61. The average molecular weight is 362 g/mol. The lowest BCUT2D eigenvalue weighted by Gasteiger charge is -2.15. The average Bonchev–Trinajstić information content (AvgIpc) is 2.97. The van der Waals surface area contributed by atoms with Gasteiger partial charge in [-0.2, -0.15) is 0 Å². The fourth-order valence-corrected chi connectivity index (χ4v) is 4.22. The van der Waals surface area contributed by atoms with Gasteiger partial charge in [0, 0.05) is 24.7 Å². The highest BCUT2D eigenvalue weighted by Gasteiger charge is 2.24. The van der Waals surface area contributed by atoms with Gasteiger partial charge in [-0.1, -0.05) is 18.9 Å². The number of carbonyl (C=O) groups excluding carboxylic acids is 1. The second kappa shape index (κ2) is 8.63. The number of halogens is 1. The van der Waals surface area contributed by atoms with Crippen molar-refractivity contribution in [3.63, 3.8) is 0 Å². The Hall–Kier alpha value is -1.15. The molecular formula is C15H24ClN3O3S. The fraction of sp³-hybridized carbons (Fsp3) is 0.533. The number of nitrogens with two attached hydrogens (primary N) is 1. The number of sulfonamides is 1. The SMILES string of the molecule is Cc1ccc(C(=O)NCCN)cc1S(=O)(=O)NC1CCCC1.Cl. The summed E-state index contributed by atoms with van der Waals surface area (Å²) < 4.78 is 27.8. The van der Waals surface area contributed by atoms with Crippen LogP contribution in [0, 0.1) is 6.92 Å². The van der Waals surface area contributed by atoms with Gasteiger partial charge in [-0.25, -0.2) is 13.1 Å². The minimum Gasteiger partial charge on any atom is -0.351 e. The number of nitrogens with one attached hydrogen (secondary N) is 2. The molecule has 0 aliphatic heterocycles. The van der Waals surface area contributed by atoms with Gasteiger partial charge in [0.05, 0.1) is 4.90 Å². The summed E-state index contributed by atoms with van der Waals surface area (Å²) in [4.78, 5) is 12.1. The van der Waals surface area contributed by atoms with Crippen molar-refractivity contribution in [2.75, 3.05) is 13.1 Å². The van der Waals surface area contributed by atoms with Crippen molar-refractivity contribution >= 4 is 28.3 Å². The van der Waals surface area contributed by atoms with Crippen molar-refractivity contribution in [2.45, 2.75) is 43.5 Å². The normalized spacial score (nSPS) is 15.2. The van der Waals surface area contributed by atoms with Gasteiger partial charge in [-0.05, 0) is 37.5 Å². The van der Waals surface area contributed by atoms with Crippen LogP contribution in [-0.4, -0.2) is 33.5 Å². The predicted octanol–water partition coefficient (Wildman–Crippen LogP) is 1.33. The lowest BCUT2D eigenvalue weighted by atomic mass is 10.1. The van der Waals surface area contributed by atoms with Gasteiger partial charge in [0.1, 0.15) is 0 Å². The van der Waals surface area contributed by atoms with Crippen LogP contribution in [0.1, 0.15) is 41.6 Å². The van der Waals surface area contributed by atoms with E-state index in [1.54, 1.807) is 19.1 Å². The van der Waals surface area contributed by atoms with E-state index in [2.05, 4.69) is 10.0 Å². The molecule has 1 aliphatic rings. The summed E-state index contributed by atoms with van der Waals surface area (Å²) in [6.07, 6.45) is 3.84. The van der Waals surface area contributed by atoms with Crippen molar-refractivity contribution in [3.05, 3.63) is 29.3 Å². The number of carbonyl (C=O) groups is 1. The van der Waals surface area contributed by atoms with Gasteiger partial charge >= 0.3 is 0 Å². The molecule has 1 aromatic rings. The molecule has 6 nitrogen and oxygen atoms in total. The Morgan fingerprint density at radius 2 is 1.96 bits per heavy atom. The monoisotopic (exact) mass is 361 g/mol. The fourth-order valence-electron chi connectivity index (χ4n) is 2.65. The van der Waals surface area contributed by atoms with Crippen LogP contribution in [-0.2, 0) is 10.0 Å². The molecule has 1 aliphatic carbocycles. The highest BCUT2D eigenvalue weighted by molar-refractivity contribution is 7.89. The number of benzene rings is 1. The van der Waals surface area contributed by atoms with Crippen LogP contribution in [0.15, 0.2) is 23.1 Å². The highest BCUT2D eigenvalue weighted by Crippen LogP contribution is 2.22. The van der Waals surface area contributed by atoms with E-state index in [0.29, 0.717) is 24.2 Å². The molecule has 23 heavy (non-hydrogen) atoms. The van der Waals surface area contributed by atoms with Crippen LogP contribution >= 0.6 is 12.4 Å². The number of amides is 1. The lowest BCUT2D eigenvalue weighted by Crippen LogP contribution is -2.33. The van der Waals surface area contributed by atoms with Crippen LogP contribution in [0.3, 0.4) is 0 Å². The van der Waals surface area contributed by atoms with E-state index >= 15 is 0 Å². The maximum atomic E-state index is 12.5. The second-order valence-electron chi connectivity index (χ2n) is 5.63. The third-order valence-electron chi connectivity index (χ3n) is 3.85. The van der Waals surface area contributed by atoms with Crippen molar-refractivity contribution in [1.82, 2.24) is 10.0 Å². The maximum absolute atomic E-state index is 12.5. The van der Waals surface area contributed by atoms with E-state index in [1.165, 1.54) is 6.07 Å². The van der Waals surface area contributed by atoms with Gasteiger partial charge in [-0.3, -0.25) is 4.79 Å². The van der Waals surface area contributed by atoms with E-state index in [9.17, 15) is 13.2 Å².